The van der Waals surface area contributed by atoms with Crippen molar-refractivity contribution in [3.63, 3.8) is 0 Å². The number of aryl methyl sites for hydroxylation is 3. The number of nitrogens with one attached hydrogen (secondary N) is 1. The highest BCUT2D eigenvalue weighted by atomic mass is 16.5. The van der Waals surface area contributed by atoms with Crippen LogP contribution in [0.3, 0.4) is 0 Å². The van der Waals surface area contributed by atoms with Crippen molar-refractivity contribution in [1.29, 1.82) is 0 Å². The van der Waals surface area contributed by atoms with Crippen molar-refractivity contribution in [2.75, 3.05) is 44.7 Å². The first-order chi connectivity index (χ1) is 13.1. The van der Waals surface area contributed by atoms with Gasteiger partial charge in [-0.3, -0.25) is 4.90 Å². The van der Waals surface area contributed by atoms with Crippen molar-refractivity contribution in [3.8, 4) is 11.3 Å². The molecule has 6 heteroatoms. The Morgan fingerprint density at radius 3 is 2.70 bits per heavy atom. The number of fused-ring (bicyclic) bond motifs is 1. The van der Waals surface area contributed by atoms with Gasteiger partial charge in [-0.25, -0.2) is 4.98 Å². The number of hydrogen-bond acceptors (Lipinski definition) is 5. The number of nitrogens with zero attached hydrogens (tertiary/aromatic N) is 4. The Bertz CT molecular complexity index is 943. The lowest BCUT2D eigenvalue weighted by Crippen LogP contribution is -2.39. The molecule has 0 aliphatic carbocycles. The van der Waals surface area contributed by atoms with E-state index in [-0.39, 0.29) is 0 Å². The molecule has 0 radical (unpaired) electrons. The van der Waals surface area contributed by atoms with Crippen molar-refractivity contribution >= 4 is 11.5 Å². The second-order valence-corrected chi connectivity index (χ2v) is 7.24. The van der Waals surface area contributed by atoms with E-state index < -0.39 is 0 Å². The topological polar surface area (TPSA) is 54.7 Å². The molecular formula is C21H27N5O. The van der Waals surface area contributed by atoms with Crippen molar-refractivity contribution in [1.82, 2.24) is 19.5 Å². The molecule has 1 aliphatic heterocycles. The summed E-state index contributed by atoms with van der Waals surface area (Å²) in [7, 11) is 0. The van der Waals surface area contributed by atoms with Gasteiger partial charge in [-0.05, 0) is 26.8 Å². The van der Waals surface area contributed by atoms with Crippen LogP contribution in [-0.2, 0) is 4.74 Å². The second-order valence-electron chi connectivity index (χ2n) is 7.24. The minimum absolute atomic E-state index is 0.830. The molecule has 1 N–H and O–H groups in total. The highest BCUT2D eigenvalue weighted by Gasteiger charge is 2.16. The summed E-state index contributed by atoms with van der Waals surface area (Å²) in [6, 6.07) is 10.5. The molecule has 142 valence electrons. The maximum absolute atomic E-state index is 5.42. The summed E-state index contributed by atoms with van der Waals surface area (Å²) < 4.78 is 7.36. The van der Waals surface area contributed by atoms with Crippen molar-refractivity contribution < 1.29 is 4.74 Å². The third kappa shape index (κ3) is 3.82. The van der Waals surface area contributed by atoms with E-state index in [2.05, 4.69) is 54.4 Å². The van der Waals surface area contributed by atoms with Crippen LogP contribution < -0.4 is 5.32 Å². The molecule has 1 aliphatic rings. The fourth-order valence-electron chi connectivity index (χ4n) is 3.60. The fourth-order valence-corrected chi connectivity index (χ4v) is 3.60. The zero-order valence-electron chi connectivity index (χ0n) is 16.3. The van der Waals surface area contributed by atoms with Crippen LogP contribution in [0.5, 0.6) is 0 Å². The molecule has 3 aromatic rings. The van der Waals surface area contributed by atoms with E-state index >= 15 is 0 Å². The maximum atomic E-state index is 5.42. The molecule has 0 spiro atoms. The molecule has 0 bridgehead atoms. The quantitative estimate of drug-likeness (QED) is 0.753. The van der Waals surface area contributed by atoms with Crippen LogP contribution in [-0.4, -0.2) is 58.9 Å². The molecule has 0 amide bonds. The van der Waals surface area contributed by atoms with E-state index in [1.165, 1.54) is 5.56 Å². The van der Waals surface area contributed by atoms with E-state index in [4.69, 9.17) is 14.8 Å². The Labute approximate surface area is 160 Å². The minimum atomic E-state index is 0.830. The zero-order valence-corrected chi connectivity index (χ0v) is 16.3. The predicted octanol–water partition coefficient (Wildman–Crippen LogP) is 3.07. The lowest BCUT2D eigenvalue weighted by atomic mass is 10.1. The molecule has 6 nitrogen and oxygen atoms in total. The Morgan fingerprint density at radius 2 is 1.93 bits per heavy atom. The molecule has 0 unspecified atom stereocenters. The first-order valence-corrected chi connectivity index (χ1v) is 9.60. The lowest BCUT2D eigenvalue weighted by Gasteiger charge is -2.26. The van der Waals surface area contributed by atoms with Crippen molar-refractivity contribution in [2.45, 2.75) is 20.8 Å². The maximum Gasteiger partial charge on any atom is 0.161 e. The van der Waals surface area contributed by atoms with Gasteiger partial charge in [-0.15, -0.1) is 0 Å². The van der Waals surface area contributed by atoms with Crippen LogP contribution in [0.25, 0.3) is 16.9 Å². The summed E-state index contributed by atoms with van der Waals surface area (Å²) in [5.41, 5.74) is 6.39. The van der Waals surface area contributed by atoms with E-state index in [1.54, 1.807) is 0 Å². The lowest BCUT2D eigenvalue weighted by molar-refractivity contribution is 0.0398. The fraction of sp³-hybridized carbons (Fsp3) is 0.429. The van der Waals surface area contributed by atoms with Crippen LogP contribution in [0.4, 0.5) is 5.82 Å². The van der Waals surface area contributed by atoms with Gasteiger partial charge in [0.15, 0.2) is 5.65 Å². The molecule has 1 saturated heterocycles. The molecule has 0 saturated carbocycles. The molecule has 0 atom stereocenters. The van der Waals surface area contributed by atoms with E-state index in [9.17, 15) is 0 Å². The Morgan fingerprint density at radius 1 is 1.11 bits per heavy atom. The predicted molar refractivity (Wildman–Crippen MR) is 108 cm³/mol. The third-order valence-electron chi connectivity index (χ3n) is 5.08. The molecular weight excluding hydrogens is 338 g/mol. The average Bonchev–Trinajstić information content (AvgIpc) is 2.99. The van der Waals surface area contributed by atoms with Gasteiger partial charge >= 0.3 is 0 Å². The molecule has 1 aromatic carbocycles. The highest BCUT2D eigenvalue weighted by molar-refractivity contribution is 5.72. The summed E-state index contributed by atoms with van der Waals surface area (Å²) in [6.07, 6.45) is 0. The largest absolute Gasteiger partial charge is 0.379 e. The molecule has 3 heterocycles. The summed E-state index contributed by atoms with van der Waals surface area (Å²) in [4.78, 5) is 7.16. The van der Waals surface area contributed by atoms with Gasteiger partial charge in [-0.2, -0.15) is 9.61 Å². The van der Waals surface area contributed by atoms with Crippen LogP contribution in [0.15, 0.2) is 30.3 Å². The van der Waals surface area contributed by atoms with E-state index in [0.29, 0.717) is 0 Å². The van der Waals surface area contributed by atoms with Gasteiger partial charge in [0, 0.05) is 49.1 Å². The Balaban J connectivity index is 1.61. The Hall–Kier alpha value is -2.44. The van der Waals surface area contributed by atoms with Gasteiger partial charge in [-0.1, -0.05) is 23.8 Å². The van der Waals surface area contributed by atoms with Gasteiger partial charge < -0.3 is 10.1 Å². The number of morpholine rings is 1. The molecule has 27 heavy (non-hydrogen) atoms. The molecule has 2 aromatic heterocycles. The third-order valence-corrected chi connectivity index (χ3v) is 5.08. The number of hydrogen-bond donors (Lipinski definition) is 1. The second kappa shape index (κ2) is 7.66. The van der Waals surface area contributed by atoms with Crippen LogP contribution in [0, 0.1) is 20.8 Å². The van der Waals surface area contributed by atoms with Crippen molar-refractivity contribution in [2.24, 2.45) is 0 Å². The monoisotopic (exact) mass is 365 g/mol. The number of ether oxygens (including phenoxy) is 1. The zero-order chi connectivity index (χ0) is 18.8. The number of anilines is 1. The van der Waals surface area contributed by atoms with Crippen LogP contribution in [0.2, 0.25) is 0 Å². The minimum Gasteiger partial charge on any atom is -0.379 e. The SMILES string of the molecule is Cc1cccc(-c2nn3c(NCCN4CCOCC4)cc(C)nc3c2C)c1. The summed E-state index contributed by atoms with van der Waals surface area (Å²) in [5, 5.41) is 8.45. The standard InChI is InChI=1S/C21H27N5O/c1-15-5-4-6-18(13-15)20-17(3)21-23-16(2)14-19(26(21)24-20)22-7-8-25-9-11-27-12-10-25/h4-6,13-14,22H,7-12H2,1-3H3. The van der Waals surface area contributed by atoms with Crippen LogP contribution >= 0.6 is 0 Å². The molecule has 1 fully saturated rings. The van der Waals surface area contributed by atoms with Crippen molar-refractivity contribution in [3.05, 3.63) is 47.2 Å². The number of benzene rings is 1. The van der Waals surface area contributed by atoms with Gasteiger partial charge in [0.2, 0.25) is 0 Å². The normalized spacial score (nSPS) is 15.4. The summed E-state index contributed by atoms with van der Waals surface area (Å²) in [6.45, 7) is 11.8. The van der Waals surface area contributed by atoms with Gasteiger partial charge in [0.1, 0.15) is 5.82 Å². The molecule has 4 rings (SSSR count). The first-order valence-electron chi connectivity index (χ1n) is 9.60. The van der Waals surface area contributed by atoms with Gasteiger partial charge in [0.05, 0.1) is 18.9 Å². The highest BCUT2D eigenvalue weighted by Crippen LogP contribution is 2.27. The number of aromatic nitrogens is 3. The van der Waals surface area contributed by atoms with E-state index in [0.717, 1.165) is 73.4 Å². The first kappa shape index (κ1) is 17.9. The number of rotatable bonds is 5. The van der Waals surface area contributed by atoms with Crippen LogP contribution in [0.1, 0.15) is 16.8 Å². The van der Waals surface area contributed by atoms with Gasteiger partial charge in [0.25, 0.3) is 0 Å². The Kier molecular flexibility index (Phi) is 5.09. The summed E-state index contributed by atoms with van der Waals surface area (Å²) in [5.74, 6) is 0.993. The average molecular weight is 365 g/mol. The van der Waals surface area contributed by atoms with E-state index in [1.807, 2.05) is 11.4 Å². The summed E-state index contributed by atoms with van der Waals surface area (Å²) >= 11 is 0. The smallest absolute Gasteiger partial charge is 0.161 e.